The van der Waals surface area contributed by atoms with Gasteiger partial charge < -0.3 is 43.5 Å². The summed E-state index contributed by atoms with van der Waals surface area (Å²) in [6.07, 6.45) is 8.01. The summed E-state index contributed by atoms with van der Waals surface area (Å²) in [6, 6.07) is 38.1. The van der Waals surface area contributed by atoms with Gasteiger partial charge in [0.05, 0.1) is 93.9 Å². The molecule has 8 rings (SSSR count). The predicted octanol–water partition coefficient (Wildman–Crippen LogP) is 15.1. The summed E-state index contributed by atoms with van der Waals surface area (Å²) in [7, 11) is -2.72. The first-order valence-electron chi connectivity index (χ1n) is 30.5. The molecule has 20 heteroatoms. The lowest BCUT2D eigenvalue weighted by molar-refractivity contribution is -0.137. The summed E-state index contributed by atoms with van der Waals surface area (Å²) in [5.74, 6) is 1.96. The van der Waals surface area contributed by atoms with Crippen molar-refractivity contribution in [2.45, 2.75) is 108 Å². The number of amides is 2. The van der Waals surface area contributed by atoms with E-state index in [1.165, 1.54) is 18.2 Å². The Kier molecular flexibility index (Phi) is 25.7. The van der Waals surface area contributed by atoms with Crippen LogP contribution in [0, 0.1) is 19.8 Å². The van der Waals surface area contributed by atoms with Gasteiger partial charge in [-0.05, 0) is 190 Å². The van der Waals surface area contributed by atoms with Gasteiger partial charge in [0.15, 0.2) is 0 Å². The molecule has 0 saturated carbocycles. The number of carbonyl (C=O) groups is 2. The molecule has 15 nitrogen and oxygen atoms in total. The Bertz CT molecular complexity index is 3770. The Morgan fingerprint density at radius 3 is 1.57 bits per heavy atom. The lowest BCUT2D eigenvalue weighted by Crippen LogP contribution is -2.12. The Morgan fingerprint density at radius 2 is 1.05 bits per heavy atom. The molecule has 2 N–H and O–H groups in total. The Balaban J connectivity index is 0.729. The maximum Gasteiger partial charge on any atom is 0.416 e. The summed E-state index contributed by atoms with van der Waals surface area (Å²) in [6.45, 7) is 16.8. The molecule has 0 aliphatic carbocycles. The van der Waals surface area contributed by atoms with E-state index in [1.54, 1.807) is 85.2 Å². The molecule has 0 aliphatic heterocycles. The van der Waals surface area contributed by atoms with Gasteiger partial charge in [0, 0.05) is 65.2 Å². The molecule has 0 fully saturated rings. The Morgan fingerprint density at radius 1 is 0.571 bits per heavy atom. The third kappa shape index (κ3) is 20.5. The topological polar surface area (TPSA) is 174 Å². The van der Waals surface area contributed by atoms with Crippen molar-refractivity contribution in [2.24, 2.45) is 5.92 Å². The van der Waals surface area contributed by atoms with Gasteiger partial charge in [-0.1, -0.05) is 56.7 Å². The van der Waals surface area contributed by atoms with Crippen molar-refractivity contribution in [2.75, 3.05) is 56.9 Å². The van der Waals surface area contributed by atoms with Crippen LogP contribution in [0.4, 0.5) is 24.5 Å². The number of aryl methyl sites for hydroxylation is 3. The SMILES string of the molecule is CCCOCCOc1ccc(-c2ccc(OCC)c(/C=C/C(=O)Nc3ccc(S(=O)Cc4c(C)ncn4CC(C)CCCCOCCOc4ccc(-c5ccc(C(F)(F)F)c(/C=C/C(=O)Nc6ccc(S(=O)Cc7c(C)ncn7CC)cc6)c5)cc4)cc3)c2)cc1. The van der Waals surface area contributed by atoms with Crippen LogP contribution in [0.25, 0.3) is 34.4 Å². The largest absolute Gasteiger partial charge is 0.493 e. The molecule has 91 heavy (non-hydrogen) atoms. The number of imidazole rings is 2. The van der Waals surface area contributed by atoms with E-state index in [4.69, 9.17) is 23.7 Å². The molecular formula is C71H79F3N6O9S2. The zero-order chi connectivity index (χ0) is 64.7. The van der Waals surface area contributed by atoms with Gasteiger partial charge in [-0.2, -0.15) is 13.2 Å². The minimum absolute atomic E-state index is 0.172. The Hall–Kier alpha value is -8.43. The summed E-state index contributed by atoms with van der Waals surface area (Å²) < 4.78 is 102. The van der Waals surface area contributed by atoms with E-state index in [2.05, 4.69) is 39.0 Å². The lowest BCUT2D eigenvalue weighted by atomic mass is 9.98. The molecule has 0 bridgehead atoms. The van der Waals surface area contributed by atoms with E-state index in [-0.39, 0.29) is 17.2 Å². The fourth-order valence-electron chi connectivity index (χ4n) is 10.00. The van der Waals surface area contributed by atoms with E-state index in [0.717, 1.165) is 95.7 Å². The highest BCUT2D eigenvalue weighted by molar-refractivity contribution is 7.84. The number of anilines is 2. The van der Waals surface area contributed by atoms with Crippen molar-refractivity contribution < 1.29 is 54.9 Å². The molecule has 3 atom stereocenters. The van der Waals surface area contributed by atoms with Crippen LogP contribution in [0.2, 0.25) is 0 Å². The van der Waals surface area contributed by atoms with Gasteiger partial charge in [0.25, 0.3) is 0 Å². The third-order valence-corrected chi connectivity index (χ3v) is 17.6. The zero-order valence-electron chi connectivity index (χ0n) is 52.3. The monoisotopic (exact) mass is 1280 g/mol. The number of carbonyl (C=O) groups excluding carboxylic acids is 2. The summed E-state index contributed by atoms with van der Waals surface area (Å²) in [5.41, 5.74) is 7.25. The number of alkyl halides is 3. The van der Waals surface area contributed by atoms with E-state index < -0.39 is 39.2 Å². The number of halogens is 3. The van der Waals surface area contributed by atoms with Gasteiger partial charge in [-0.25, -0.2) is 9.97 Å². The molecule has 480 valence electrons. The quantitative estimate of drug-likeness (QED) is 0.0290. The number of unbranched alkanes of at least 4 members (excludes halogenated alkanes) is 1. The van der Waals surface area contributed by atoms with Gasteiger partial charge in [-0.15, -0.1) is 0 Å². The van der Waals surface area contributed by atoms with Crippen molar-refractivity contribution in [3.05, 3.63) is 198 Å². The fraction of sp³-hybridized carbons (Fsp3) is 0.324. The third-order valence-electron chi connectivity index (χ3n) is 14.9. The van der Waals surface area contributed by atoms with E-state index in [1.807, 2.05) is 81.1 Å². The molecular weight excluding hydrogens is 1200 g/mol. The van der Waals surface area contributed by atoms with E-state index in [0.29, 0.717) is 108 Å². The number of nitrogens with one attached hydrogen (secondary N) is 2. The maximum absolute atomic E-state index is 14.1. The van der Waals surface area contributed by atoms with Crippen molar-refractivity contribution in [3.63, 3.8) is 0 Å². The van der Waals surface area contributed by atoms with Crippen LogP contribution in [0.5, 0.6) is 17.2 Å². The number of rotatable bonds is 34. The standard InChI is InChI=1S/C71H79F3N6O9S2/c1-7-37-85-39-41-88-61-27-15-54(16-28-61)56-18-34-68(87-9-3)58(44-56)20-36-70(82)78-60-23-31-64(32-24-60)91(84)47-67-52(6)76-49-80(67)45-50(4)12-10-11-38-86-40-42-89-62-25-13-53(14-26-62)55-17-33-65(71(72,73)74)57(43-55)19-35-69(81)77-59-21-29-63(30-22-59)90(83)46-66-51(5)75-48-79(66)8-2/h13-36,43-44,48-50H,7-12,37-42,45-47H2,1-6H3,(H,77,81)(H,78,82)/b35-19+,36-20+. The summed E-state index contributed by atoms with van der Waals surface area (Å²) in [5, 5.41) is 5.58. The second-order valence-corrected chi connectivity index (χ2v) is 24.6. The number of hydrogen-bond donors (Lipinski definition) is 2. The average molecular weight is 1280 g/mol. The molecule has 2 amide bonds. The number of benzene rings is 6. The average Bonchev–Trinajstić information content (AvgIpc) is 2.32. The second kappa shape index (κ2) is 34.1. The molecule has 8 aromatic rings. The highest BCUT2D eigenvalue weighted by Gasteiger charge is 2.33. The minimum Gasteiger partial charge on any atom is -0.493 e. The smallest absolute Gasteiger partial charge is 0.416 e. The maximum atomic E-state index is 14.1. The predicted molar refractivity (Wildman–Crippen MR) is 354 cm³/mol. The van der Waals surface area contributed by atoms with Crippen molar-refractivity contribution in [1.82, 2.24) is 19.1 Å². The highest BCUT2D eigenvalue weighted by Crippen LogP contribution is 2.36. The fourth-order valence-corrected chi connectivity index (χ4v) is 12.5. The van der Waals surface area contributed by atoms with E-state index >= 15 is 0 Å². The first-order valence-corrected chi connectivity index (χ1v) is 33.2. The second-order valence-electron chi connectivity index (χ2n) is 21.7. The van der Waals surface area contributed by atoms with Crippen LogP contribution in [0.1, 0.15) is 92.8 Å². The molecule has 0 aliphatic rings. The zero-order valence-corrected chi connectivity index (χ0v) is 53.9. The Labute approximate surface area is 536 Å². The van der Waals surface area contributed by atoms with Crippen LogP contribution < -0.4 is 24.8 Å². The van der Waals surface area contributed by atoms with Crippen molar-refractivity contribution >= 4 is 56.9 Å². The van der Waals surface area contributed by atoms with Gasteiger partial charge >= 0.3 is 6.18 Å². The number of aromatic nitrogens is 4. The molecule has 2 aromatic heterocycles. The van der Waals surface area contributed by atoms with Gasteiger partial charge in [0.2, 0.25) is 11.8 Å². The first-order chi connectivity index (χ1) is 44.0. The van der Waals surface area contributed by atoms with Crippen LogP contribution in [-0.2, 0) is 71.4 Å². The van der Waals surface area contributed by atoms with Crippen LogP contribution in [0.15, 0.2) is 168 Å². The molecule has 2 heterocycles. The molecule has 0 spiro atoms. The summed E-state index contributed by atoms with van der Waals surface area (Å²) in [4.78, 5) is 36.1. The number of ether oxygens (including phenoxy) is 5. The number of nitrogens with zero attached hydrogens (tertiary/aromatic N) is 4. The van der Waals surface area contributed by atoms with Crippen LogP contribution in [-0.4, -0.2) is 85.6 Å². The molecule has 3 unspecified atom stereocenters. The van der Waals surface area contributed by atoms with Gasteiger partial charge in [0.1, 0.15) is 30.5 Å². The van der Waals surface area contributed by atoms with Gasteiger partial charge in [-0.3, -0.25) is 18.0 Å². The number of hydrogen-bond acceptors (Lipinski definition) is 11. The van der Waals surface area contributed by atoms with Crippen molar-refractivity contribution in [3.8, 4) is 39.5 Å². The minimum atomic E-state index is -4.66. The molecule has 0 radical (unpaired) electrons. The molecule has 6 aromatic carbocycles. The molecule has 0 saturated heterocycles. The van der Waals surface area contributed by atoms with Crippen LogP contribution in [0.3, 0.4) is 0 Å². The van der Waals surface area contributed by atoms with Crippen molar-refractivity contribution in [1.29, 1.82) is 0 Å². The van der Waals surface area contributed by atoms with E-state index in [9.17, 15) is 31.2 Å². The first kappa shape index (κ1) is 68.5. The highest BCUT2D eigenvalue weighted by atomic mass is 32.2. The summed E-state index contributed by atoms with van der Waals surface area (Å²) >= 11 is 0. The lowest BCUT2D eigenvalue weighted by Gasteiger charge is -2.15. The normalized spacial score (nSPS) is 12.7. The van der Waals surface area contributed by atoms with Crippen LogP contribution >= 0.6 is 0 Å².